The van der Waals surface area contributed by atoms with Gasteiger partial charge in [0, 0.05) is 12.6 Å². The van der Waals surface area contributed by atoms with Crippen LogP contribution in [0.1, 0.15) is 26.3 Å². The summed E-state index contributed by atoms with van der Waals surface area (Å²) in [5.41, 5.74) is 2.60. The normalized spacial score (nSPS) is 12.8. The summed E-state index contributed by atoms with van der Waals surface area (Å²) in [5.74, 6) is 0. The Bertz CT molecular complexity index is 302. The van der Waals surface area contributed by atoms with E-state index in [1.165, 1.54) is 11.1 Å². The van der Waals surface area contributed by atoms with Crippen LogP contribution in [-0.4, -0.2) is 17.5 Å². The number of benzene rings is 1. The molecule has 0 aromatic heterocycles. The molecule has 0 radical (unpaired) electrons. The molecule has 1 aromatic carbocycles. The van der Waals surface area contributed by atoms with Crippen molar-refractivity contribution in [2.45, 2.75) is 33.4 Å². The van der Waals surface area contributed by atoms with Crippen molar-refractivity contribution in [1.82, 2.24) is 4.90 Å². The molecular weight excluding hydrogens is 182 g/mol. The minimum Gasteiger partial charge on any atom is -0.293 e. The molecule has 0 aliphatic rings. The van der Waals surface area contributed by atoms with Crippen LogP contribution in [0.25, 0.3) is 0 Å². The van der Waals surface area contributed by atoms with E-state index in [0.717, 1.165) is 13.1 Å². The van der Waals surface area contributed by atoms with E-state index in [-0.39, 0.29) is 0 Å². The Hall–Kier alpha value is -1.08. The third-order valence-electron chi connectivity index (χ3n) is 2.90. The second kappa shape index (κ2) is 5.72. The van der Waals surface area contributed by atoms with Crippen LogP contribution in [0.5, 0.6) is 0 Å². The van der Waals surface area contributed by atoms with E-state index in [1.807, 2.05) is 0 Å². The van der Waals surface area contributed by atoms with Crippen molar-refractivity contribution in [3.8, 4) is 0 Å². The second-order valence-electron chi connectivity index (χ2n) is 4.07. The highest BCUT2D eigenvalue weighted by Crippen LogP contribution is 2.12. The quantitative estimate of drug-likeness (QED) is 0.662. The maximum atomic E-state index is 4.02. The zero-order chi connectivity index (χ0) is 11.3. The molecule has 0 aliphatic heterocycles. The zero-order valence-electron chi connectivity index (χ0n) is 10.0. The lowest BCUT2D eigenvalue weighted by Gasteiger charge is -2.28. The van der Waals surface area contributed by atoms with Gasteiger partial charge in [-0.05, 0) is 26.0 Å². The number of hydrogen-bond donors (Lipinski definition) is 0. The van der Waals surface area contributed by atoms with Crippen molar-refractivity contribution >= 4 is 0 Å². The first kappa shape index (κ1) is 12.0. The SMILES string of the molecule is C=C(C)C(C)N(CC)Cc1ccccc1. The van der Waals surface area contributed by atoms with Gasteiger partial charge in [0.25, 0.3) is 0 Å². The van der Waals surface area contributed by atoms with Gasteiger partial charge in [-0.2, -0.15) is 0 Å². The van der Waals surface area contributed by atoms with Crippen LogP contribution >= 0.6 is 0 Å². The molecule has 0 saturated carbocycles. The minimum atomic E-state index is 0.454. The molecular formula is C14H21N. The van der Waals surface area contributed by atoms with Crippen molar-refractivity contribution in [2.24, 2.45) is 0 Å². The van der Waals surface area contributed by atoms with Crippen LogP contribution in [0.15, 0.2) is 42.5 Å². The summed E-state index contributed by atoms with van der Waals surface area (Å²) in [6, 6.07) is 11.0. The summed E-state index contributed by atoms with van der Waals surface area (Å²) in [4.78, 5) is 2.43. The molecule has 1 rings (SSSR count). The first-order valence-electron chi connectivity index (χ1n) is 5.58. The van der Waals surface area contributed by atoms with Crippen LogP contribution in [0.2, 0.25) is 0 Å². The monoisotopic (exact) mass is 203 g/mol. The molecule has 1 aromatic rings. The molecule has 0 saturated heterocycles. The van der Waals surface area contributed by atoms with Crippen molar-refractivity contribution in [3.63, 3.8) is 0 Å². The van der Waals surface area contributed by atoms with E-state index in [4.69, 9.17) is 0 Å². The fourth-order valence-corrected chi connectivity index (χ4v) is 1.65. The number of hydrogen-bond acceptors (Lipinski definition) is 1. The lowest BCUT2D eigenvalue weighted by Crippen LogP contribution is -2.32. The van der Waals surface area contributed by atoms with Crippen LogP contribution in [0.3, 0.4) is 0 Å². The summed E-state index contributed by atoms with van der Waals surface area (Å²) in [6.07, 6.45) is 0. The molecule has 0 amide bonds. The number of rotatable bonds is 5. The van der Waals surface area contributed by atoms with Crippen molar-refractivity contribution < 1.29 is 0 Å². The summed E-state index contributed by atoms with van der Waals surface area (Å²) in [7, 11) is 0. The van der Waals surface area contributed by atoms with Crippen LogP contribution in [0.4, 0.5) is 0 Å². The molecule has 0 fully saturated rings. The molecule has 0 aliphatic carbocycles. The standard InChI is InChI=1S/C14H21N/c1-5-15(13(4)12(2)3)11-14-9-7-6-8-10-14/h6-10,13H,2,5,11H2,1,3-4H3. The minimum absolute atomic E-state index is 0.454. The largest absolute Gasteiger partial charge is 0.293 e. The molecule has 0 N–H and O–H groups in total. The second-order valence-corrected chi connectivity index (χ2v) is 4.07. The smallest absolute Gasteiger partial charge is 0.0277 e. The lowest BCUT2D eigenvalue weighted by atomic mass is 10.1. The molecule has 1 unspecified atom stereocenters. The van der Waals surface area contributed by atoms with Gasteiger partial charge in [0.2, 0.25) is 0 Å². The molecule has 0 heterocycles. The Labute approximate surface area is 93.4 Å². The van der Waals surface area contributed by atoms with Gasteiger partial charge in [0.15, 0.2) is 0 Å². The predicted octanol–water partition coefficient (Wildman–Crippen LogP) is 3.47. The highest BCUT2D eigenvalue weighted by atomic mass is 15.1. The van der Waals surface area contributed by atoms with Gasteiger partial charge < -0.3 is 0 Å². The molecule has 15 heavy (non-hydrogen) atoms. The molecule has 1 nitrogen and oxygen atoms in total. The Morgan fingerprint density at radius 2 is 1.93 bits per heavy atom. The maximum Gasteiger partial charge on any atom is 0.0277 e. The third kappa shape index (κ3) is 3.52. The Morgan fingerprint density at radius 3 is 2.40 bits per heavy atom. The van der Waals surface area contributed by atoms with E-state index in [2.05, 4.69) is 62.6 Å². The van der Waals surface area contributed by atoms with Gasteiger partial charge in [-0.1, -0.05) is 49.4 Å². The Balaban J connectivity index is 2.66. The Morgan fingerprint density at radius 1 is 1.33 bits per heavy atom. The van der Waals surface area contributed by atoms with Crippen molar-refractivity contribution in [2.75, 3.05) is 6.54 Å². The van der Waals surface area contributed by atoms with Crippen LogP contribution < -0.4 is 0 Å². The highest BCUT2D eigenvalue weighted by Gasteiger charge is 2.12. The van der Waals surface area contributed by atoms with Gasteiger partial charge in [0.05, 0.1) is 0 Å². The summed E-state index contributed by atoms with van der Waals surface area (Å²) in [6.45, 7) is 12.6. The molecule has 1 heteroatoms. The zero-order valence-corrected chi connectivity index (χ0v) is 10.0. The average Bonchev–Trinajstić information content (AvgIpc) is 2.26. The molecule has 0 spiro atoms. The third-order valence-corrected chi connectivity index (χ3v) is 2.90. The van der Waals surface area contributed by atoms with Crippen molar-refractivity contribution in [3.05, 3.63) is 48.0 Å². The molecule has 82 valence electrons. The molecule has 0 bridgehead atoms. The van der Waals surface area contributed by atoms with E-state index in [1.54, 1.807) is 0 Å². The van der Waals surface area contributed by atoms with Crippen LogP contribution in [0, 0.1) is 0 Å². The Kier molecular flexibility index (Phi) is 4.57. The van der Waals surface area contributed by atoms with Gasteiger partial charge in [0.1, 0.15) is 0 Å². The number of nitrogens with zero attached hydrogens (tertiary/aromatic N) is 1. The van der Waals surface area contributed by atoms with Gasteiger partial charge >= 0.3 is 0 Å². The average molecular weight is 203 g/mol. The highest BCUT2D eigenvalue weighted by molar-refractivity contribution is 5.15. The van der Waals surface area contributed by atoms with Crippen molar-refractivity contribution in [1.29, 1.82) is 0 Å². The predicted molar refractivity (Wildman–Crippen MR) is 66.8 cm³/mol. The van der Waals surface area contributed by atoms with E-state index < -0.39 is 0 Å². The van der Waals surface area contributed by atoms with Gasteiger partial charge in [-0.25, -0.2) is 0 Å². The summed E-state index contributed by atoms with van der Waals surface area (Å²) < 4.78 is 0. The van der Waals surface area contributed by atoms with E-state index >= 15 is 0 Å². The fourth-order valence-electron chi connectivity index (χ4n) is 1.65. The fraction of sp³-hybridized carbons (Fsp3) is 0.429. The van der Waals surface area contributed by atoms with Gasteiger partial charge in [-0.3, -0.25) is 4.90 Å². The summed E-state index contributed by atoms with van der Waals surface area (Å²) in [5, 5.41) is 0. The van der Waals surface area contributed by atoms with Gasteiger partial charge in [-0.15, -0.1) is 0 Å². The van der Waals surface area contributed by atoms with E-state index in [0.29, 0.717) is 6.04 Å². The number of likely N-dealkylation sites (N-methyl/N-ethyl adjacent to an activating group) is 1. The topological polar surface area (TPSA) is 3.24 Å². The first-order valence-corrected chi connectivity index (χ1v) is 5.58. The van der Waals surface area contributed by atoms with Crippen LogP contribution in [-0.2, 0) is 6.54 Å². The maximum absolute atomic E-state index is 4.02. The summed E-state index contributed by atoms with van der Waals surface area (Å²) >= 11 is 0. The lowest BCUT2D eigenvalue weighted by molar-refractivity contribution is 0.237. The molecule has 1 atom stereocenters. The first-order chi connectivity index (χ1) is 7.15. The van der Waals surface area contributed by atoms with E-state index in [9.17, 15) is 0 Å².